The van der Waals surface area contributed by atoms with E-state index in [0.717, 1.165) is 22.2 Å². The van der Waals surface area contributed by atoms with Crippen LogP contribution in [0.1, 0.15) is 5.56 Å². The van der Waals surface area contributed by atoms with Crippen LogP contribution in [0.15, 0.2) is 65.4 Å². The van der Waals surface area contributed by atoms with Crippen molar-refractivity contribution in [3.63, 3.8) is 0 Å². The summed E-state index contributed by atoms with van der Waals surface area (Å²) < 4.78 is 18.2. The molecule has 5 nitrogen and oxygen atoms in total. The molecule has 0 aliphatic heterocycles. The predicted molar refractivity (Wildman–Crippen MR) is 88.8 cm³/mol. The van der Waals surface area contributed by atoms with Gasteiger partial charge in [0.2, 0.25) is 0 Å². The molecule has 0 bridgehead atoms. The van der Waals surface area contributed by atoms with Crippen molar-refractivity contribution in [3.05, 3.63) is 72.3 Å². The summed E-state index contributed by atoms with van der Waals surface area (Å²) in [6.45, 7) is 0.544. The van der Waals surface area contributed by atoms with Gasteiger partial charge in [-0.1, -0.05) is 17.3 Å². The standard InChI is InChI=1S/C18H13FN4O/c19-14-5-3-12(4-6-14)10-21-16-8-7-15-17(23-24-18(15)22-16)13-2-1-9-20-11-13/h1-9,11H,10H2,(H,21,22). The molecule has 0 aliphatic rings. The fourth-order valence-corrected chi connectivity index (χ4v) is 2.43. The largest absolute Gasteiger partial charge is 0.366 e. The van der Waals surface area contributed by atoms with Crippen molar-refractivity contribution in [1.82, 2.24) is 15.1 Å². The minimum atomic E-state index is -0.247. The van der Waals surface area contributed by atoms with Gasteiger partial charge < -0.3 is 9.84 Å². The highest BCUT2D eigenvalue weighted by Crippen LogP contribution is 2.27. The second kappa shape index (κ2) is 6.08. The molecule has 0 radical (unpaired) electrons. The monoisotopic (exact) mass is 320 g/mol. The van der Waals surface area contributed by atoms with Gasteiger partial charge in [-0.2, -0.15) is 4.98 Å². The van der Waals surface area contributed by atoms with E-state index in [9.17, 15) is 4.39 Å². The van der Waals surface area contributed by atoms with Crippen LogP contribution in [0.4, 0.5) is 10.2 Å². The van der Waals surface area contributed by atoms with E-state index in [1.807, 2.05) is 24.3 Å². The third kappa shape index (κ3) is 2.81. The van der Waals surface area contributed by atoms with Crippen LogP contribution >= 0.6 is 0 Å². The van der Waals surface area contributed by atoms with Gasteiger partial charge in [-0.05, 0) is 42.0 Å². The Morgan fingerprint density at radius 3 is 2.71 bits per heavy atom. The lowest BCUT2D eigenvalue weighted by atomic mass is 10.1. The highest BCUT2D eigenvalue weighted by molar-refractivity contribution is 5.89. The lowest BCUT2D eigenvalue weighted by Gasteiger charge is -2.05. The van der Waals surface area contributed by atoms with Gasteiger partial charge in [-0.25, -0.2) is 4.39 Å². The van der Waals surface area contributed by atoms with Crippen molar-refractivity contribution in [2.24, 2.45) is 0 Å². The molecule has 0 unspecified atom stereocenters. The van der Waals surface area contributed by atoms with E-state index < -0.39 is 0 Å². The molecule has 1 aromatic carbocycles. The quantitative estimate of drug-likeness (QED) is 0.615. The molecular formula is C18H13FN4O. The Labute approximate surface area is 137 Å². The Morgan fingerprint density at radius 1 is 1.04 bits per heavy atom. The number of benzene rings is 1. The molecule has 0 saturated carbocycles. The van der Waals surface area contributed by atoms with Crippen LogP contribution in [0.2, 0.25) is 0 Å². The van der Waals surface area contributed by atoms with Crippen molar-refractivity contribution < 1.29 is 8.91 Å². The lowest BCUT2D eigenvalue weighted by Crippen LogP contribution is -2.01. The third-order valence-corrected chi connectivity index (χ3v) is 3.66. The maximum atomic E-state index is 12.9. The maximum Gasteiger partial charge on any atom is 0.260 e. The average Bonchev–Trinajstić information content (AvgIpc) is 3.05. The summed E-state index contributed by atoms with van der Waals surface area (Å²) in [6.07, 6.45) is 3.44. The fourth-order valence-electron chi connectivity index (χ4n) is 2.43. The van der Waals surface area contributed by atoms with Crippen LogP contribution in [-0.4, -0.2) is 15.1 Å². The van der Waals surface area contributed by atoms with Gasteiger partial charge in [0.25, 0.3) is 5.71 Å². The third-order valence-electron chi connectivity index (χ3n) is 3.66. The molecule has 118 valence electrons. The number of halogens is 1. The lowest BCUT2D eigenvalue weighted by molar-refractivity contribution is 0.452. The highest BCUT2D eigenvalue weighted by atomic mass is 19.1. The first kappa shape index (κ1) is 14.3. The van der Waals surface area contributed by atoms with E-state index in [0.29, 0.717) is 18.1 Å². The summed E-state index contributed by atoms with van der Waals surface area (Å²) in [5.41, 5.74) is 3.02. The molecule has 0 spiro atoms. The molecular weight excluding hydrogens is 307 g/mol. The van der Waals surface area contributed by atoms with Gasteiger partial charge in [0.15, 0.2) is 0 Å². The van der Waals surface area contributed by atoms with E-state index in [4.69, 9.17) is 4.52 Å². The van der Waals surface area contributed by atoms with E-state index in [-0.39, 0.29) is 5.82 Å². The normalized spacial score (nSPS) is 10.9. The molecule has 0 atom stereocenters. The molecule has 0 saturated heterocycles. The van der Waals surface area contributed by atoms with Crippen LogP contribution in [0.3, 0.4) is 0 Å². The molecule has 3 heterocycles. The van der Waals surface area contributed by atoms with Crippen molar-refractivity contribution in [2.45, 2.75) is 6.54 Å². The van der Waals surface area contributed by atoms with Crippen molar-refractivity contribution in [2.75, 3.05) is 5.32 Å². The van der Waals surface area contributed by atoms with E-state index in [1.54, 1.807) is 24.5 Å². The topological polar surface area (TPSA) is 63.8 Å². The Morgan fingerprint density at radius 2 is 1.92 bits per heavy atom. The molecule has 24 heavy (non-hydrogen) atoms. The Balaban J connectivity index is 1.57. The average molecular weight is 320 g/mol. The number of hydrogen-bond donors (Lipinski definition) is 1. The number of nitrogens with one attached hydrogen (secondary N) is 1. The van der Waals surface area contributed by atoms with Crippen molar-refractivity contribution >= 4 is 16.9 Å². The predicted octanol–water partition coefficient (Wildman–Crippen LogP) is 4.04. The van der Waals surface area contributed by atoms with Crippen molar-refractivity contribution in [1.29, 1.82) is 0 Å². The number of pyridine rings is 2. The summed E-state index contributed by atoms with van der Waals surface area (Å²) >= 11 is 0. The minimum absolute atomic E-state index is 0.247. The molecule has 6 heteroatoms. The second-order valence-corrected chi connectivity index (χ2v) is 5.30. The van der Waals surface area contributed by atoms with Crippen LogP contribution in [0.25, 0.3) is 22.4 Å². The number of nitrogens with zero attached hydrogens (tertiary/aromatic N) is 3. The summed E-state index contributed by atoms with van der Waals surface area (Å²) in [5, 5.41) is 8.10. The number of fused-ring (bicyclic) bond motifs is 1. The first-order valence-corrected chi connectivity index (χ1v) is 7.45. The summed E-state index contributed by atoms with van der Waals surface area (Å²) in [7, 11) is 0. The van der Waals surface area contributed by atoms with E-state index in [2.05, 4.69) is 20.4 Å². The maximum absolute atomic E-state index is 12.9. The van der Waals surface area contributed by atoms with Crippen molar-refractivity contribution in [3.8, 4) is 11.3 Å². The second-order valence-electron chi connectivity index (χ2n) is 5.30. The Hall–Kier alpha value is -3.28. The fraction of sp³-hybridized carbons (Fsp3) is 0.0556. The van der Waals surface area contributed by atoms with Gasteiger partial charge in [-0.3, -0.25) is 4.98 Å². The molecule has 0 fully saturated rings. The van der Waals surface area contributed by atoms with Gasteiger partial charge in [-0.15, -0.1) is 0 Å². The summed E-state index contributed by atoms with van der Waals surface area (Å²) in [5.74, 6) is 0.420. The number of aromatic nitrogens is 3. The van der Waals surface area contributed by atoms with Crippen LogP contribution in [-0.2, 0) is 6.54 Å². The zero-order valence-corrected chi connectivity index (χ0v) is 12.6. The summed E-state index contributed by atoms with van der Waals surface area (Å²) in [6, 6.07) is 13.9. The molecule has 4 aromatic rings. The van der Waals surface area contributed by atoms with Crippen LogP contribution < -0.4 is 5.32 Å². The SMILES string of the molecule is Fc1ccc(CNc2ccc3c(-c4cccnc4)noc3n2)cc1. The van der Waals surface area contributed by atoms with Crippen LogP contribution in [0.5, 0.6) is 0 Å². The number of anilines is 1. The Kier molecular flexibility index (Phi) is 3.63. The smallest absolute Gasteiger partial charge is 0.260 e. The van der Waals surface area contributed by atoms with Gasteiger partial charge >= 0.3 is 0 Å². The van der Waals surface area contributed by atoms with Crippen LogP contribution in [0, 0.1) is 5.82 Å². The Bertz CT molecular complexity index is 967. The first-order chi connectivity index (χ1) is 11.8. The number of hydrogen-bond acceptors (Lipinski definition) is 5. The molecule has 0 amide bonds. The zero-order chi connectivity index (χ0) is 16.4. The van der Waals surface area contributed by atoms with E-state index >= 15 is 0 Å². The minimum Gasteiger partial charge on any atom is -0.366 e. The molecule has 3 aromatic heterocycles. The first-order valence-electron chi connectivity index (χ1n) is 7.45. The molecule has 1 N–H and O–H groups in total. The molecule has 0 aliphatic carbocycles. The number of rotatable bonds is 4. The highest BCUT2D eigenvalue weighted by Gasteiger charge is 2.12. The zero-order valence-electron chi connectivity index (χ0n) is 12.6. The van der Waals surface area contributed by atoms with Gasteiger partial charge in [0.05, 0.1) is 5.39 Å². The summed E-state index contributed by atoms with van der Waals surface area (Å²) in [4.78, 5) is 8.51. The van der Waals surface area contributed by atoms with Gasteiger partial charge in [0.1, 0.15) is 17.3 Å². The molecule has 4 rings (SSSR count). The van der Waals surface area contributed by atoms with E-state index in [1.165, 1.54) is 12.1 Å². The van der Waals surface area contributed by atoms with Gasteiger partial charge in [0, 0.05) is 24.5 Å².